The molecule has 0 spiro atoms. The molecule has 1 aromatic heterocycles. The van der Waals surface area contributed by atoms with Gasteiger partial charge in [-0.3, -0.25) is 9.69 Å². The van der Waals surface area contributed by atoms with Gasteiger partial charge in [0, 0.05) is 42.6 Å². The second-order valence-corrected chi connectivity index (χ2v) is 10.6. The number of hydrogen-bond donors (Lipinski definition) is 3. The van der Waals surface area contributed by atoms with Crippen molar-refractivity contribution in [2.45, 2.75) is 32.5 Å². The molecule has 3 aromatic rings. The summed E-state index contributed by atoms with van der Waals surface area (Å²) in [4.78, 5) is 39.9. The zero-order chi connectivity index (χ0) is 26.1. The highest BCUT2D eigenvalue weighted by atomic mass is 35.5. The summed E-state index contributed by atoms with van der Waals surface area (Å²) >= 11 is 12.3. The van der Waals surface area contributed by atoms with Crippen LogP contribution in [0.4, 0.5) is 16.3 Å². The summed E-state index contributed by atoms with van der Waals surface area (Å²) in [5.41, 5.74) is 1.28. The van der Waals surface area contributed by atoms with Crippen LogP contribution in [0.2, 0.25) is 10.0 Å². The fourth-order valence-corrected chi connectivity index (χ4v) is 5.10. The number of amides is 3. The standard InChI is InChI=1S/C26H29Cl2N7O2/c1-15(2)23-25(36)29-12-17-13-35(26(37)31-21-11-16(27)7-8-19(21)28)10-9-34(17)14-22-30-20-6-4-3-5-18(20)24(32-22)33-23/h3-8,11,15,17,23H,9-10,12-14H2,1-2H3,(H,29,36)(H,31,37)(H,30,32,33)/t17?,23-/m0/s1. The van der Waals surface area contributed by atoms with Crippen molar-refractivity contribution in [3.05, 3.63) is 58.3 Å². The molecule has 3 N–H and O–H groups in total. The smallest absolute Gasteiger partial charge is 0.321 e. The van der Waals surface area contributed by atoms with E-state index in [1.165, 1.54) is 0 Å². The largest absolute Gasteiger partial charge is 0.358 e. The highest BCUT2D eigenvalue weighted by molar-refractivity contribution is 6.35. The maximum Gasteiger partial charge on any atom is 0.321 e. The van der Waals surface area contributed by atoms with E-state index in [-0.39, 0.29) is 23.9 Å². The minimum atomic E-state index is -0.467. The van der Waals surface area contributed by atoms with E-state index in [2.05, 4.69) is 20.9 Å². The first kappa shape index (κ1) is 25.5. The molecule has 194 valence electrons. The number of nitrogens with one attached hydrogen (secondary N) is 3. The summed E-state index contributed by atoms with van der Waals surface area (Å²) < 4.78 is 0. The molecule has 9 nitrogen and oxygen atoms in total. The van der Waals surface area contributed by atoms with Crippen molar-refractivity contribution in [2.75, 3.05) is 36.8 Å². The number of rotatable bonds is 2. The van der Waals surface area contributed by atoms with Crippen LogP contribution in [0.15, 0.2) is 42.5 Å². The predicted molar refractivity (Wildman–Crippen MR) is 146 cm³/mol. The summed E-state index contributed by atoms with van der Waals surface area (Å²) in [6, 6.07) is 11.9. The summed E-state index contributed by atoms with van der Waals surface area (Å²) in [6.07, 6.45) is 0. The summed E-state index contributed by atoms with van der Waals surface area (Å²) in [7, 11) is 0. The number of carbonyl (C=O) groups excluding carboxylic acids is 2. The zero-order valence-corrected chi connectivity index (χ0v) is 22.2. The second-order valence-electron chi connectivity index (χ2n) is 9.74. The van der Waals surface area contributed by atoms with Gasteiger partial charge in [-0.25, -0.2) is 14.8 Å². The van der Waals surface area contributed by atoms with Gasteiger partial charge < -0.3 is 20.9 Å². The van der Waals surface area contributed by atoms with E-state index in [0.717, 1.165) is 10.9 Å². The number of benzene rings is 2. The lowest BCUT2D eigenvalue weighted by Gasteiger charge is -2.41. The first-order valence-electron chi connectivity index (χ1n) is 12.3. The summed E-state index contributed by atoms with van der Waals surface area (Å²) in [5.74, 6) is 1.26. The fraction of sp³-hybridized carbons (Fsp3) is 0.385. The number of para-hydroxylation sites is 1. The van der Waals surface area contributed by atoms with E-state index in [9.17, 15) is 9.59 Å². The molecule has 2 atom stereocenters. The first-order chi connectivity index (χ1) is 17.8. The van der Waals surface area contributed by atoms with Crippen LogP contribution >= 0.6 is 23.2 Å². The molecule has 2 bridgehead atoms. The molecule has 1 unspecified atom stereocenters. The molecule has 2 aliphatic rings. The Labute approximate surface area is 225 Å². The van der Waals surface area contributed by atoms with Gasteiger partial charge in [0.1, 0.15) is 17.7 Å². The SMILES string of the molecule is CC(C)[C@@H]1Nc2nc(nc3ccccc23)CN2CCN(C(=O)Nc3cc(Cl)ccc3Cl)CC2CNC1=O. The average molecular weight is 542 g/mol. The van der Waals surface area contributed by atoms with Crippen molar-refractivity contribution in [1.82, 2.24) is 25.1 Å². The quantitative estimate of drug-likeness (QED) is 0.448. The van der Waals surface area contributed by atoms with Gasteiger partial charge in [0.15, 0.2) is 0 Å². The van der Waals surface area contributed by atoms with Crippen molar-refractivity contribution in [1.29, 1.82) is 0 Å². The van der Waals surface area contributed by atoms with Gasteiger partial charge in [0.05, 0.1) is 22.8 Å². The van der Waals surface area contributed by atoms with Crippen molar-refractivity contribution in [3.8, 4) is 0 Å². The van der Waals surface area contributed by atoms with Gasteiger partial charge in [-0.2, -0.15) is 0 Å². The molecule has 1 saturated heterocycles. The Kier molecular flexibility index (Phi) is 7.37. The van der Waals surface area contributed by atoms with Crippen molar-refractivity contribution >= 4 is 57.5 Å². The lowest BCUT2D eigenvalue weighted by molar-refractivity contribution is -0.123. The Morgan fingerprint density at radius 3 is 2.76 bits per heavy atom. The normalized spacial score (nSPS) is 20.6. The highest BCUT2D eigenvalue weighted by Gasteiger charge is 2.33. The van der Waals surface area contributed by atoms with Gasteiger partial charge in [0.2, 0.25) is 5.91 Å². The van der Waals surface area contributed by atoms with E-state index in [4.69, 9.17) is 33.2 Å². The van der Waals surface area contributed by atoms with E-state index in [0.29, 0.717) is 60.1 Å². The summed E-state index contributed by atoms with van der Waals surface area (Å²) in [6.45, 7) is 6.42. The Bertz CT molecular complexity index is 1340. The molecule has 0 aliphatic carbocycles. The van der Waals surface area contributed by atoms with Gasteiger partial charge in [0.25, 0.3) is 0 Å². The topological polar surface area (TPSA) is 102 Å². The molecule has 37 heavy (non-hydrogen) atoms. The monoisotopic (exact) mass is 541 g/mol. The number of carbonyl (C=O) groups is 2. The fourth-order valence-electron chi connectivity index (χ4n) is 4.76. The number of anilines is 2. The maximum atomic E-state index is 13.3. The maximum absolute atomic E-state index is 13.3. The van der Waals surface area contributed by atoms with Crippen LogP contribution in [0.25, 0.3) is 10.9 Å². The molecular weight excluding hydrogens is 513 g/mol. The number of aromatic nitrogens is 2. The third-order valence-electron chi connectivity index (χ3n) is 6.81. The number of nitrogens with zero attached hydrogens (tertiary/aromatic N) is 4. The second kappa shape index (κ2) is 10.7. The van der Waals surface area contributed by atoms with Gasteiger partial charge in [-0.15, -0.1) is 0 Å². The van der Waals surface area contributed by atoms with Crippen LogP contribution in [0, 0.1) is 5.92 Å². The van der Waals surface area contributed by atoms with Crippen molar-refractivity contribution in [2.24, 2.45) is 5.92 Å². The predicted octanol–water partition coefficient (Wildman–Crippen LogP) is 4.22. The number of urea groups is 1. The minimum Gasteiger partial charge on any atom is -0.358 e. The van der Waals surface area contributed by atoms with E-state index >= 15 is 0 Å². The van der Waals surface area contributed by atoms with Gasteiger partial charge in [-0.1, -0.05) is 49.2 Å². The van der Waals surface area contributed by atoms with Crippen LogP contribution in [-0.4, -0.2) is 70.0 Å². The minimum absolute atomic E-state index is 0.0325. The van der Waals surface area contributed by atoms with E-state index in [1.807, 2.05) is 38.1 Å². The van der Waals surface area contributed by atoms with Crippen molar-refractivity contribution < 1.29 is 9.59 Å². The Morgan fingerprint density at radius 2 is 1.95 bits per heavy atom. The molecule has 0 saturated carbocycles. The molecule has 1 fully saturated rings. The summed E-state index contributed by atoms with van der Waals surface area (Å²) in [5, 5.41) is 11.1. The number of piperazine rings is 1. The van der Waals surface area contributed by atoms with Gasteiger partial charge >= 0.3 is 6.03 Å². The van der Waals surface area contributed by atoms with E-state index < -0.39 is 6.04 Å². The number of halogens is 2. The number of hydrogen-bond acceptors (Lipinski definition) is 6. The molecule has 2 aromatic carbocycles. The molecule has 0 radical (unpaired) electrons. The third-order valence-corrected chi connectivity index (χ3v) is 7.37. The van der Waals surface area contributed by atoms with Crippen LogP contribution in [0.5, 0.6) is 0 Å². The van der Waals surface area contributed by atoms with Crippen LogP contribution < -0.4 is 16.0 Å². The first-order valence-corrected chi connectivity index (χ1v) is 13.1. The lowest BCUT2D eigenvalue weighted by Crippen LogP contribution is -2.59. The van der Waals surface area contributed by atoms with Crippen molar-refractivity contribution in [3.63, 3.8) is 0 Å². The zero-order valence-electron chi connectivity index (χ0n) is 20.7. The average Bonchev–Trinajstić information content (AvgIpc) is 2.89. The molecule has 5 rings (SSSR count). The van der Waals surface area contributed by atoms with Crippen LogP contribution in [-0.2, 0) is 11.3 Å². The Morgan fingerprint density at radius 1 is 1.14 bits per heavy atom. The van der Waals surface area contributed by atoms with Gasteiger partial charge in [-0.05, 0) is 36.2 Å². The molecule has 3 heterocycles. The van der Waals surface area contributed by atoms with E-state index in [1.54, 1.807) is 23.1 Å². The Balaban J connectivity index is 1.41. The molecule has 11 heteroatoms. The van der Waals surface area contributed by atoms with Crippen LogP contribution in [0.1, 0.15) is 19.7 Å². The molecular formula is C26H29Cl2N7O2. The third kappa shape index (κ3) is 5.58. The Hall–Kier alpha value is -3.14. The van der Waals surface area contributed by atoms with Crippen LogP contribution in [0.3, 0.4) is 0 Å². The highest BCUT2D eigenvalue weighted by Crippen LogP contribution is 2.27. The molecule has 3 amide bonds. The lowest BCUT2D eigenvalue weighted by atomic mass is 10.0. The molecule has 2 aliphatic heterocycles. The number of fused-ring (bicyclic) bond motifs is 5.